The summed E-state index contributed by atoms with van der Waals surface area (Å²) in [5.74, 6) is 0.941. The summed E-state index contributed by atoms with van der Waals surface area (Å²) >= 11 is 0. The van der Waals surface area contributed by atoms with E-state index in [1.165, 1.54) is 0 Å². The van der Waals surface area contributed by atoms with Crippen LogP contribution in [0.3, 0.4) is 0 Å². The predicted molar refractivity (Wildman–Crippen MR) is 71.6 cm³/mol. The molecule has 18 heavy (non-hydrogen) atoms. The molecule has 0 saturated carbocycles. The highest BCUT2D eigenvalue weighted by molar-refractivity contribution is 5.41. The molecule has 1 aliphatic heterocycles. The van der Waals surface area contributed by atoms with Gasteiger partial charge < -0.3 is 14.7 Å². The van der Waals surface area contributed by atoms with Gasteiger partial charge in [-0.2, -0.15) is 0 Å². The van der Waals surface area contributed by atoms with E-state index in [0.29, 0.717) is 0 Å². The Morgan fingerprint density at radius 3 is 2.28 bits per heavy atom. The van der Waals surface area contributed by atoms with Gasteiger partial charge in [0.2, 0.25) is 0 Å². The molecule has 2 rings (SSSR count). The summed E-state index contributed by atoms with van der Waals surface area (Å²) in [5, 5.41) is 9.03. The summed E-state index contributed by atoms with van der Waals surface area (Å²) in [5.41, 5.74) is 0.476. The molecule has 0 aromatic carbocycles. The summed E-state index contributed by atoms with van der Waals surface area (Å²) in [6.45, 7) is 10.1. The van der Waals surface area contributed by atoms with Crippen LogP contribution in [0.25, 0.3) is 0 Å². The van der Waals surface area contributed by atoms with E-state index in [0.717, 1.165) is 24.5 Å². The van der Waals surface area contributed by atoms with E-state index in [2.05, 4.69) is 37.6 Å². The Hall–Kier alpha value is -1.13. The minimum absolute atomic E-state index is 0.0351. The van der Waals surface area contributed by atoms with Gasteiger partial charge in [-0.1, -0.05) is 6.07 Å². The standard InChI is InChI=1S/C14H22N2O2/c1-13(2)9-16(10-14(3,4)18-13)12-6-5-11(8-17)7-15-12/h5-7,17H,8-10H2,1-4H3. The molecule has 0 atom stereocenters. The van der Waals surface area contributed by atoms with Gasteiger partial charge >= 0.3 is 0 Å². The molecule has 4 nitrogen and oxygen atoms in total. The third kappa shape index (κ3) is 3.00. The third-order valence-corrected chi connectivity index (χ3v) is 3.01. The molecule has 2 heterocycles. The number of rotatable bonds is 2. The lowest BCUT2D eigenvalue weighted by molar-refractivity contribution is -0.133. The third-order valence-electron chi connectivity index (χ3n) is 3.01. The van der Waals surface area contributed by atoms with Crippen LogP contribution in [0, 0.1) is 0 Å². The predicted octanol–water partition coefficient (Wildman–Crippen LogP) is 1.97. The molecule has 1 aromatic rings. The number of aliphatic hydroxyl groups excluding tert-OH is 1. The Morgan fingerprint density at radius 2 is 1.83 bits per heavy atom. The summed E-state index contributed by atoms with van der Waals surface area (Å²) < 4.78 is 6.05. The Kier molecular flexibility index (Phi) is 3.34. The van der Waals surface area contributed by atoms with E-state index >= 15 is 0 Å². The lowest BCUT2D eigenvalue weighted by Crippen LogP contribution is -2.57. The first kappa shape index (κ1) is 13.3. The number of hydrogen-bond acceptors (Lipinski definition) is 4. The fraction of sp³-hybridized carbons (Fsp3) is 0.643. The summed E-state index contributed by atoms with van der Waals surface area (Å²) in [4.78, 5) is 6.66. The second-order valence-corrected chi connectivity index (χ2v) is 6.16. The summed E-state index contributed by atoms with van der Waals surface area (Å²) in [6.07, 6.45) is 1.73. The second-order valence-electron chi connectivity index (χ2n) is 6.16. The van der Waals surface area contributed by atoms with Crippen LogP contribution >= 0.6 is 0 Å². The first-order valence-electron chi connectivity index (χ1n) is 6.32. The number of anilines is 1. The molecule has 0 spiro atoms. The highest BCUT2D eigenvalue weighted by Crippen LogP contribution is 2.30. The smallest absolute Gasteiger partial charge is 0.128 e. The van der Waals surface area contributed by atoms with E-state index < -0.39 is 0 Å². The number of nitrogens with zero attached hydrogens (tertiary/aromatic N) is 2. The highest BCUT2D eigenvalue weighted by Gasteiger charge is 2.38. The van der Waals surface area contributed by atoms with Crippen molar-refractivity contribution in [2.45, 2.75) is 45.5 Å². The Bertz CT molecular complexity index is 396. The zero-order chi connectivity index (χ0) is 13.4. The number of pyridine rings is 1. The van der Waals surface area contributed by atoms with Crippen molar-refractivity contribution in [3.05, 3.63) is 23.9 Å². The van der Waals surface area contributed by atoms with Crippen LogP contribution in [0.4, 0.5) is 5.82 Å². The van der Waals surface area contributed by atoms with Gasteiger partial charge in [0.05, 0.1) is 17.8 Å². The number of hydrogen-bond donors (Lipinski definition) is 1. The van der Waals surface area contributed by atoms with Crippen molar-refractivity contribution < 1.29 is 9.84 Å². The molecule has 1 aromatic heterocycles. The molecular weight excluding hydrogens is 228 g/mol. The molecule has 0 unspecified atom stereocenters. The monoisotopic (exact) mass is 250 g/mol. The van der Waals surface area contributed by atoms with Gasteiger partial charge in [-0.25, -0.2) is 4.98 Å². The van der Waals surface area contributed by atoms with Gasteiger partial charge in [0, 0.05) is 19.3 Å². The molecule has 1 saturated heterocycles. The number of morpholine rings is 1. The Balaban J connectivity index is 2.21. The molecule has 100 valence electrons. The van der Waals surface area contributed by atoms with Crippen molar-refractivity contribution in [1.29, 1.82) is 0 Å². The van der Waals surface area contributed by atoms with Crippen molar-refractivity contribution in [2.75, 3.05) is 18.0 Å². The molecule has 1 fully saturated rings. The quantitative estimate of drug-likeness (QED) is 0.871. The van der Waals surface area contributed by atoms with Crippen LogP contribution in [0.15, 0.2) is 18.3 Å². The average molecular weight is 250 g/mol. The molecule has 0 bridgehead atoms. The van der Waals surface area contributed by atoms with Crippen LogP contribution in [0.2, 0.25) is 0 Å². The van der Waals surface area contributed by atoms with Gasteiger partial charge in [0.15, 0.2) is 0 Å². The molecule has 0 amide bonds. The van der Waals surface area contributed by atoms with Gasteiger partial charge in [0.25, 0.3) is 0 Å². The summed E-state index contributed by atoms with van der Waals surface area (Å²) in [6, 6.07) is 3.88. The Morgan fingerprint density at radius 1 is 1.22 bits per heavy atom. The van der Waals surface area contributed by atoms with Crippen molar-refractivity contribution in [2.24, 2.45) is 0 Å². The van der Waals surface area contributed by atoms with Crippen molar-refractivity contribution in [1.82, 2.24) is 4.98 Å². The van der Waals surface area contributed by atoms with Gasteiger partial charge in [-0.05, 0) is 39.3 Å². The minimum Gasteiger partial charge on any atom is -0.392 e. The van der Waals surface area contributed by atoms with Crippen LogP contribution in [-0.4, -0.2) is 34.4 Å². The Labute approximate surface area is 109 Å². The SMILES string of the molecule is CC1(C)CN(c2ccc(CO)cn2)CC(C)(C)O1. The van der Waals surface area contributed by atoms with E-state index in [1.54, 1.807) is 6.20 Å². The summed E-state index contributed by atoms with van der Waals surface area (Å²) in [7, 11) is 0. The lowest BCUT2D eigenvalue weighted by Gasteiger charge is -2.47. The number of ether oxygens (including phenoxy) is 1. The maximum Gasteiger partial charge on any atom is 0.128 e. The zero-order valence-corrected chi connectivity index (χ0v) is 11.6. The maximum absolute atomic E-state index is 9.03. The van der Waals surface area contributed by atoms with Crippen molar-refractivity contribution >= 4 is 5.82 Å². The molecule has 0 aliphatic carbocycles. The molecule has 0 radical (unpaired) electrons. The number of aromatic nitrogens is 1. The molecule has 1 N–H and O–H groups in total. The topological polar surface area (TPSA) is 45.6 Å². The normalized spacial score (nSPS) is 21.9. The van der Waals surface area contributed by atoms with Crippen LogP contribution in [0.5, 0.6) is 0 Å². The largest absolute Gasteiger partial charge is 0.392 e. The fourth-order valence-corrected chi connectivity index (χ4v) is 2.65. The van der Waals surface area contributed by atoms with Crippen LogP contribution in [-0.2, 0) is 11.3 Å². The van der Waals surface area contributed by atoms with Crippen molar-refractivity contribution in [3.63, 3.8) is 0 Å². The molecule has 4 heteroatoms. The van der Waals surface area contributed by atoms with Crippen LogP contribution in [0.1, 0.15) is 33.3 Å². The van der Waals surface area contributed by atoms with Gasteiger partial charge in [-0.3, -0.25) is 0 Å². The van der Waals surface area contributed by atoms with E-state index in [9.17, 15) is 0 Å². The molecular formula is C14H22N2O2. The van der Waals surface area contributed by atoms with Crippen LogP contribution < -0.4 is 4.90 Å². The van der Waals surface area contributed by atoms with E-state index in [1.807, 2.05) is 12.1 Å². The van der Waals surface area contributed by atoms with Gasteiger partial charge in [0.1, 0.15) is 5.82 Å². The highest BCUT2D eigenvalue weighted by atomic mass is 16.5. The maximum atomic E-state index is 9.03. The van der Waals surface area contributed by atoms with E-state index in [-0.39, 0.29) is 17.8 Å². The van der Waals surface area contributed by atoms with E-state index in [4.69, 9.17) is 9.84 Å². The lowest BCUT2D eigenvalue weighted by atomic mass is 9.99. The van der Waals surface area contributed by atoms with Gasteiger partial charge in [-0.15, -0.1) is 0 Å². The average Bonchev–Trinajstić information content (AvgIpc) is 2.25. The first-order valence-corrected chi connectivity index (χ1v) is 6.32. The zero-order valence-electron chi connectivity index (χ0n) is 11.6. The fourth-order valence-electron chi connectivity index (χ4n) is 2.65. The number of aliphatic hydroxyl groups is 1. The minimum atomic E-state index is -0.181. The molecule has 1 aliphatic rings. The first-order chi connectivity index (χ1) is 8.31. The second kappa shape index (κ2) is 4.52. The van der Waals surface area contributed by atoms with Crippen molar-refractivity contribution in [3.8, 4) is 0 Å².